The Balaban J connectivity index is 1.25. The van der Waals surface area contributed by atoms with Gasteiger partial charge in [-0.3, -0.25) is 9.59 Å². The molecule has 0 unspecified atom stereocenters. The molecule has 0 radical (unpaired) electrons. The number of ether oxygens (including phenoxy) is 2. The van der Waals surface area contributed by atoms with Crippen molar-refractivity contribution in [1.82, 2.24) is 15.5 Å². The molecule has 0 spiro atoms. The van der Waals surface area contributed by atoms with Crippen molar-refractivity contribution in [2.75, 3.05) is 17.8 Å². The summed E-state index contributed by atoms with van der Waals surface area (Å²) in [6.45, 7) is 0.804. The SMILES string of the molecule is COCc1noc(C23CCC(NC(=O)c4cc5c(cc4F)S(=O)(=O)C[C@H](N)C(=O)N5Cc4ccc(O[C@H](C)C(F)(F)F)cc4)(CC2)CC3)n1. The van der Waals surface area contributed by atoms with Crippen LogP contribution < -0.4 is 20.7 Å². The first-order valence-corrected chi connectivity index (χ1v) is 17.3. The standard InChI is InChI=1S/C32H35F4N5O7S/c1-18(32(34,35)36)47-20-5-3-19(4-6-20)15-41-24-13-21(22(33)14-25(24)49(44,45)17-23(37)28(41)43)27(42)39-31-10-7-30(8-11-31,9-12-31)29-38-26(16-46-2)40-48-29/h3-6,13-14,18,23H,7-12,15-17,37H2,1-2H3,(H,39,42)/t18-,23+,30?,31?/m1/s1. The summed E-state index contributed by atoms with van der Waals surface area (Å²) in [5, 5.41) is 6.97. The molecule has 3 fully saturated rings. The number of aromatic nitrogens is 2. The van der Waals surface area contributed by atoms with Crippen molar-refractivity contribution < 1.29 is 49.6 Å². The van der Waals surface area contributed by atoms with Gasteiger partial charge in [0.25, 0.3) is 5.91 Å². The van der Waals surface area contributed by atoms with Crippen molar-refractivity contribution in [2.24, 2.45) is 5.73 Å². The second kappa shape index (κ2) is 12.7. The molecule has 7 rings (SSSR count). The van der Waals surface area contributed by atoms with Gasteiger partial charge in [0.15, 0.2) is 21.8 Å². The fraction of sp³-hybridized carbons (Fsp3) is 0.500. The molecule has 0 saturated heterocycles. The first kappa shape index (κ1) is 34.8. The van der Waals surface area contributed by atoms with Crippen LogP contribution in [0.3, 0.4) is 0 Å². The number of fused-ring (bicyclic) bond motifs is 4. The summed E-state index contributed by atoms with van der Waals surface area (Å²) >= 11 is 0. The van der Waals surface area contributed by atoms with E-state index in [-0.39, 0.29) is 30.0 Å². The topological polar surface area (TPSA) is 167 Å². The van der Waals surface area contributed by atoms with E-state index in [1.807, 2.05) is 0 Å². The Morgan fingerprint density at radius 1 is 1.14 bits per heavy atom. The summed E-state index contributed by atoms with van der Waals surface area (Å²) in [4.78, 5) is 32.2. The molecule has 1 aromatic heterocycles. The average molecular weight is 710 g/mol. The van der Waals surface area contributed by atoms with Gasteiger partial charge in [-0.25, -0.2) is 12.8 Å². The lowest BCUT2D eigenvalue weighted by atomic mass is 9.57. The number of amides is 2. The van der Waals surface area contributed by atoms with Crippen molar-refractivity contribution in [3.63, 3.8) is 0 Å². The lowest BCUT2D eigenvalue weighted by Crippen LogP contribution is -2.58. The van der Waals surface area contributed by atoms with Crippen LogP contribution in [0.2, 0.25) is 0 Å². The maximum Gasteiger partial charge on any atom is 0.425 e. The monoisotopic (exact) mass is 709 g/mol. The van der Waals surface area contributed by atoms with E-state index in [1.165, 1.54) is 31.4 Å². The molecule has 2 bridgehead atoms. The largest absolute Gasteiger partial charge is 0.481 e. The molecule has 3 aromatic rings. The van der Waals surface area contributed by atoms with Crippen LogP contribution in [-0.2, 0) is 37.9 Å². The summed E-state index contributed by atoms with van der Waals surface area (Å²) in [6, 6.07) is 5.64. The Bertz CT molecular complexity index is 1840. The van der Waals surface area contributed by atoms with E-state index in [9.17, 15) is 31.2 Å². The number of nitrogens with zero attached hydrogens (tertiary/aromatic N) is 3. The molecule has 4 aliphatic rings. The average Bonchev–Trinajstić information content (AvgIpc) is 3.51. The number of nitrogens with one attached hydrogen (secondary N) is 1. The fourth-order valence-corrected chi connectivity index (χ4v) is 8.41. The minimum atomic E-state index is -4.58. The van der Waals surface area contributed by atoms with Crippen LogP contribution in [0, 0.1) is 5.82 Å². The molecular formula is C32H35F4N5O7S. The number of hydrogen-bond donors (Lipinski definition) is 2. The summed E-state index contributed by atoms with van der Waals surface area (Å²) in [6.07, 6.45) is -3.04. The Labute approximate surface area is 279 Å². The van der Waals surface area contributed by atoms with E-state index in [4.69, 9.17) is 19.7 Å². The van der Waals surface area contributed by atoms with E-state index in [1.54, 1.807) is 0 Å². The number of benzene rings is 2. The van der Waals surface area contributed by atoms with Crippen molar-refractivity contribution in [2.45, 2.75) is 92.8 Å². The summed E-state index contributed by atoms with van der Waals surface area (Å²) in [5.41, 5.74) is 4.69. The van der Waals surface area contributed by atoms with Gasteiger partial charge in [0.2, 0.25) is 11.8 Å². The highest BCUT2D eigenvalue weighted by Gasteiger charge is 2.53. The third-order valence-electron chi connectivity index (χ3n) is 9.76. The molecule has 3 aliphatic carbocycles. The Kier molecular flexibility index (Phi) is 8.98. The van der Waals surface area contributed by atoms with E-state index in [2.05, 4.69) is 15.5 Å². The smallest absolute Gasteiger partial charge is 0.425 e. The first-order valence-electron chi connectivity index (χ1n) is 15.6. The van der Waals surface area contributed by atoms with Crippen molar-refractivity contribution in [1.29, 1.82) is 0 Å². The quantitative estimate of drug-likeness (QED) is 0.309. The zero-order chi connectivity index (χ0) is 35.4. The van der Waals surface area contributed by atoms with E-state index < -0.39 is 67.5 Å². The van der Waals surface area contributed by atoms with Crippen molar-refractivity contribution >= 4 is 27.3 Å². The third-order valence-corrected chi connectivity index (χ3v) is 11.6. The molecule has 3 saturated carbocycles. The summed E-state index contributed by atoms with van der Waals surface area (Å²) < 4.78 is 96.5. The number of carbonyl (C=O) groups is 2. The summed E-state index contributed by atoms with van der Waals surface area (Å²) in [7, 11) is -2.74. The predicted octanol–water partition coefficient (Wildman–Crippen LogP) is 4.11. The van der Waals surface area contributed by atoms with Gasteiger partial charge in [-0.2, -0.15) is 18.2 Å². The van der Waals surface area contributed by atoms with Crippen molar-refractivity contribution in [3.05, 3.63) is 65.1 Å². The summed E-state index contributed by atoms with van der Waals surface area (Å²) in [5.74, 6) is -2.55. The minimum absolute atomic E-state index is 0.0774. The van der Waals surface area contributed by atoms with Gasteiger partial charge in [-0.1, -0.05) is 17.3 Å². The molecule has 264 valence electrons. The number of rotatable bonds is 9. The van der Waals surface area contributed by atoms with Crippen LogP contribution in [0.5, 0.6) is 5.75 Å². The van der Waals surface area contributed by atoms with Gasteiger partial charge < -0.3 is 29.9 Å². The lowest BCUT2D eigenvalue weighted by molar-refractivity contribution is -0.189. The molecular weight excluding hydrogens is 674 g/mol. The molecule has 12 nitrogen and oxygen atoms in total. The Morgan fingerprint density at radius 3 is 2.41 bits per heavy atom. The normalized spacial score (nSPS) is 25.4. The van der Waals surface area contributed by atoms with Gasteiger partial charge in [0.1, 0.15) is 18.2 Å². The lowest BCUT2D eigenvalue weighted by Gasteiger charge is -2.52. The predicted molar refractivity (Wildman–Crippen MR) is 165 cm³/mol. The number of methoxy groups -OCH3 is 1. The van der Waals surface area contributed by atoms with Gasteiger partial charge in [-0.05, 0) is 75.3 Å². The van der Waals surface area contributed by atoms with Gasteiger partial charge in [0.05, 0.1) is 34.5 Å². The number of halogens is 4. The van der Waals surface area contributed by atoms with Gasteiger partial charge in [-0.15, -0.1) is 0 Å². The maximum atomic E-state index is 15.6. The second-order valence-corrected chi connectivity index (χ2v) is 15.0. The molecule has 2 aromatic carbocycles. The Hall–Kier alpha value is -4.09. The molecule has 2 heterocycles. The number of sulfone groups is 1. The molecule has 2 atom stereocenters. The van der Waals surface area contributed by atoms with Crippen molar-refractivity contribution in [3.8, 4) is 5.75 Å². The van der Waals surface area contributed by atoms with Crippen LogP contribution in [0.25, 0.3) is 0 Å². The highest BCUT2D eigenvalue weighted by atomic mass is 32.2. The number of hydrogen-bond acceptors (Lipinski definition) is 10. The van der Waals surface area contributed by atoms with Crippen LogP contribution in [0.15, 0.2) is 45.8 Å². The first-order chi connectivity index (χ1) is 23.0. The number of anilines is 1. The molecule has 3 N–H and O–H groups in total. The highest BCUT2D eigenvalue weighted by molar-refractivity contribution is 7.91. The molecule has 2 amide bonds. The zero-order valence-corrected chi connectivity index (χ0v) is 27.5. The van der Waals surface area contributed by atoms with E-state index in [0.717, 1.165) is 24.0 Å². The van der Waals surface area contributed by atoms with E-state index >= 15 is 4.39 Å². The van der Waals surface area contributed by atoms with Crippen LogP contribution >= 0.6 is 0 Å². The highest BCUT2D eigenvalue weighted by Crippen LogP contribution is 2.53. The fourth-order valence-electron chi connectivity index (χ4n) is 6.84. The van der Waals surface area contributed by atoms with Gasteiger partial charge >= 0.3 is 6.18 Å². The molecule has 49 heavy (non-hydrogen) atoms. The van der Waals surface area contributed by atoms with Gasteiger partial charge in [0, 0.05) is 18.1 Å². The second-order valence-electron chi connectivity index (χ2n) is 13.0. The minimum Gasteiger partial charge on any atom is -0.481 e. The number of alkyl halides is 3. The number of carbonyl (C=O) groups excluding carboxylic acids is 2. The van der Waals surface area contributed by atoms with Crippen LogP contribution in [0.1, 0.15) is 73.1 Å². The van der Waals surface area contributed by atoms with E-state index in [0.29, 0.717) is 55.8 Å². The zero-order valence-electron chi connectivity index (χ0n) is 26.7. The molecule has 17 heteroatoms. The maximum absolute atomic E-state index is 15.6. The molecule has 1 aliphatic heterocycles. The number of nitrogens with two attached hydrogens (primary N) is 1. The van der Waals surface area contributed by atoms with Crippen LogP contribution in [-0.4, -0.2) is 67.1 Å². The third kappa shape index (κ3) is 6.75. The Morgan fingerprint density at radius 2 is 1.80 bits per heavy atom. The van der Waals surface area contributed by atoms with Crippen LogP contribution in [0.4, 0.5) is 23.2 Å².